The van der Waals surface area contributed by atoms with E-state index in [0.717, 1.165) is 0 Å². The van der Waals surface area contributed by atoms with Crippen LogP contribution >= 0.6 is 12.2 Å². The van der Waals surface area contributed by atoms with Crippen LogP contribution in [0.1, 0.15) is 12.0 Å². The summed E-state index contributed by atoms with van der Waals surface area (Å²) in [5.41, 5.74) is 6.89. The van der Waals surface area contributed by atoms with Gasteiger partial charge in [0.2, 0.25) is 11.8 Å². The summed E-state index contributed by atoms with van der Waals surface area (Å²) in [6.45, 7) is 1.53. The Morgan fingerprint density at radius 3 is 3.00 bits per heavy atom. The number of rotatable bonds is 5. The fourth-order valence-electron chi connectivity index (χ4n) is 2.00. The summed E-state index contributed by atoms with van der Waals surface area (Å²) in [6.07, 6.45) is 0.239. The summed E-state index contributed by atoms with van der Waals surface area (Å²) in [5.74, 6) is -0.237. The number of hydrogen-bond donors (Lipinski definition) is 2. The first-order chi connectivity index (χ1) is 10.1. The van der Waals surface area contributed by atoms with E-state index in [1.165, 1.54) is 0 Å². The number of hydrogen-bond acceptors (Lipinski definition) is 4. The lowest BCUT2D eigenvalue weighted by atomic mass is 10.2. The van der Waals surface area contributed by atoms with Gasteiger partial charge in [-0.05, 0) is 12.1 Å². The topological polar surface area (TPSA) is 84.7 Å². The lowest BCUT2D eigenvalue weighted by Crippen LogP contribution is -2.42. The molecular weight excluding hydrogens is 290 g/mol. The molecule has 1 fully saturated rings. The van der Waals surface area contributed by atoms with Crippen molar-refractivity contribution in [3.63, 3.8) is 0 Å². The Morgan fingerprint density at radius 2 is 2.29 bits per heavy atom. The molecule has 0 aromatic heterocycles. The van der Waals surface area contributed by atoms with Crippen LogP contribution < -0.4 is 11.1 Å². The minimum atomic E-state index is -0.158. The molecule has 0 atom stereocenters. The predicted molar refractivity (Wildman–Crippen MR) is 83.0 cm³/mol. The number of anilines is 1. The number of nitrogens with one attached hydrogen (secondary N) is 1. The molecule has 0 radical (unpaired) electrons. The predicted octanol–water partition coefficient (Wildman–Crippen LogP) is 0.508. The zero-order valence-corrected chi connectivity index (χ0v) is 12.3. The van der Waals surface area contributed by atoms with E-state index in [4.69, 9.17) is 22.7 Å². The van der Waals surface area contributed by atoms with E-state index in [0.29, 0.717) is 30.9 Å². The van der Waals surface area contributed by atoms with Gasteiger partial charge < -0.3 is 20.7 Å². The second-order valence-corrected chi connectivity index (χ2v) is 5.12. The minimum absolute atomic E-state index is 0.0791. The fourth-order valence-corrected chi connectivity index (χ4v) is 2.12. The van der Waals surface area contributed by atoms with Crippen molar-refractivity contribution in [2.24, 2.45) is 5.73 Å². The molecule has 7 heteroatoms. The van der Waals surface area contributed by atoms with E-state index in [-0.39, 0.29) is 29.8 Å². The van der Waals surface area contributed by atoms with Crippen molar-refractivity contribution in [3.8, 4) is 0 Å². The van der Waals surface area contributed by atoms with Crippen LogP contribution in [-0.4, -0.2) is 48.0 Å². The Labute approximate surface area is 128 Å². The van der Waals surface area contributed by atoms with Crippen LogP contribution in [0.5, 0.6) is 0 Å². The molecule has 0 unspecified atom stereocenters. The molecule has 1 aromatic rings. The number of morpholine rings is 1. The molecule has 3 N–H and O–H groups in total. The van der Waals surface area contributed by atoms with Gasteiger partial charge in [-0.15, -0.1) is 0 Å². The van der Waals surface area contributed by atoms with Crippen LogP contribution in [0.3, 0.4) is 0 Å². The van der Waals surface area contributed by atoms with Gasteiger partial charge in [-0.3, -0.25) is 9.59 Å². The standard InChI is InChI=1S/C14H17N3O3S/c15-14(21)10-2-1-3-11(8-10)16-12(18)4-5-17-6-7-20-9-13(17)19/h1-3,8H,4-7,9H2,(H2,15,21)(H,16,18). The molecule has 21 heavy (non-hydrogen) atoms. The van der Waals surface area contributed by atoms with E-state index >= 15 is 0 Å². The summed E-state index contributed by atoms with van der Waals surface area (Å²) < 4.78 is 5.03. The normalized spacial score (nSPS) is 14.9. The minimum Gasteiger partial charge on any atom is -0.389 e. The first kappa shape index (κ1) is 15.4. The largest absolute Gasteiger partial charge is 0.389 e. The summed E-state index contributed by atoms with van der Waals surface area (Å²) >= 11 is 4.89. The lowest BCUT2D eigenvalue weighted by molar-refractivity contribution is -0.142. The van der Waals surface area contributed by atoms with Crippen LogP contribution in [0.15, 0.2) is 24.3 Å². The number of carbonyl (C=O) groups excluding carboxylic acids is 2. The maximum atomic E-state index is 11.9. The lowest BCUT2D eigenvalue weighted by Gasteiger charge is -2.26. The molecule has 112 valence electrons. The van der Waals surface area contributed by atoms with E-state index in [1.54, 1.807) is 29.2 Å². The van der Waals surface area contributed by atoms with E-state index in [2.05, 4.69) is 5.32 Å². The van der Waals surface area contributed by atoms with Crippen molar-refractivity contribution in [1.82, 2.24) is 4.90 Å². The third kappa shape index (κ3) is 4.51. The van der Waals surface area contributed by atoms with Gasteiger partial charge >= 0.3 is 0 Å². The molecule has 6 nitrogen and oxygen atoms in total. The molecule has 1 heterocycles. The molecular formula is C14H17N3O3S. The fraction of sp³-hybridized carbons (Fsp3) is 0.357. The Balaban J connectivity index is 1.85. The summed E-state index contributed by atoms with van der Waals surface area (Å²) in [6, 6.07) is 7.04. The Kier molecular flexibility index (Phi) is 5.24. The highest BCUT2D eigenvalue weighted by molar-refractivity contribution is 7.80. The van der Waals surface area contributed by atoms with Crippen molar-refractivity contribution in [1.29, 1.82) is 0 Å². The van der Waals surface area contributed by atoms with Gasteiger partial charge in [-0.25, -0.2) is 0 Å². The SMILES string of the molecule is NC(=S)c1cccc(NC(=O)CCN2CCOCC2=O)c1. The van der Waals surface area contributed by atoms with Crippen molar-refractivity contribution >= 4 is 34.7 Å². The second-order valence-electron chi connectivity index (χ2n) is 4.68. The Morgan fingerprint density at radius 1 is 1.48 bits per heavy atom. The summed E-state index contributed by atoms with van der Waals surface area (Å²) in [5, 5.41) is 2.77. The number of benzene rings is 1. The Hall–Kier alpha value is -1.99. The van der Waals surface area contributed by atoms with Crippen molar-refractivity contribution in [3.05, 3.63) is 29.8 Å². The van der Waals surface area contributed by atoms with Crippen LogP contribution in [0, 0.1) is 0 Å². The molecule has 1 saturated heterocycles. The van der Waals surface area contributed by atoms with Gasteiger partial charge in [0.05, 0.1) is 6.61 Å². The molecule has 2 rings (SSSR count). The van der Waals surface area contributed by atoms with Gasteiger partial charge in [0.25, 0.3) is 0 Å². The van der Waals surface area contributed by atoms with Crippen molar-refractivity contribution < 1.29 is 14.3 Å². The van der Waals surface area contributed by atoms with Crippen molar-refractivity contribution in [2.75, 3.05) is 31.6 Å². The van der Waals surface area contributed by atoms with E-state index in [1.807, 2.05) is 0 Å². The third-order valence-corrected chi connectivity index (χ3v) is 3.36. The number of thiocarbonyl (C=S) groups is 1. The molecule has 2 amide bonds. The van der Waals surface area contributed by atoms with Gasteiger partial charge in [-0.1, -0.05) is 24.4 Å². The molecule has 1 aliphatic heterocycles. The zero-order chi connectivity index (χ0) is 15.2. The van der Waals surface area contributed by atoms with Gasteiger partial charge in [0.1, 0.15) is 11.6 Å². The molecule has 0 spiro atoms. The first-order valence-corrected chi connectivity index (χ1v) is 7.02. The van der Waals surface area contributed by atoms with E-state index < -0.39 is 0 Å². The van der Waals surface area contributed by atoms with Crippen LogP contribution in [0.25, 0.3) is 0 Å². The average molecular weight is 307 g/mol. The second kappa shape index (κ2) is 7.14. The van der Waals surface area contributed by atoms with E-state index in [9.17, 15) is 9.59 Å². The van der Waals surface area contributed by atoms with Crippen LogP contribution in [-0.2, 0) is 14.3 Å². The molecule has 0 saturated carbocycles. The maximum absolute atomic E-state index is 11.9. The average Bonchev–Trinajstić information content (AvgIpc) is 2.46. The highest BCUT2D eigenvalue weighted by atomic mass is 32.1. The number of ether oxygens (including phenoxy) is 1. The quantitative estimate of drug-likeness (QED) is 0.774. The maximum Gasteiger partial charge on any atom is 0.248 e. The Bertz CT molecular complexity index is 562. The number of carbonyl (C=O) groups is 2. The highest BCUT2D eigenvalue weighted by Gasteiger charge is 2.19. The highest BCUT2D eigenvalue weighted by Crippen LogP contribution is 2.11. The number of nitrogens with zero attached hydrogens (tertiary/aromatic N) is 1. The summed E-state index contributed by atoms with van der Waals surface area (Å²) in [4.78, 5) is 25.3. The molecule has 1 aliphatic rings. The third-order valence-electron chi connectivity index (χ3n) is 3.12. The number of amides is 2. The van der Waals surface area contributed by atoms with Crippen LogP contribution in [0.4, 0.5) is 5.69 Å². The van der Waals surface area contributed by atoms with Gasteiger partial charge in [-0.2, -0.15) is 0 Å². The molecule has 0 bridgehead atoms. The number of nitrogens with two attached hydrogens (primary N) is 1. The van der Waals surface area contributed by atoms with Gasteiger partial charge in [0, 0.05) is 30.8 Å². The first-order valence-electron chi connectivity index (χ1n) is 6.61. The molecule has 0 aliphatic carbocycles. The molecule has 1 aromatic carbocycles. The smallest absolute Gasteiger partial charge is 0.248 e. The van der Waals surface area contributed by atoms with Crippen molar-refractivity contribution in [2.45, 2.75) is 6.42 Å². The monoisotopic (exact) mass is 307 g/mol. The van der Waals surface area contributed by atoms with Crippen LogP contribution in [0.2, 0.25) is 0 Å². The van der Waals surface area contributed by atoms with Gasteiger partial charge in [0.15, 0.2) is 0 Å². The zero-order valence-electron chi connectivity index (χ0n) is 11.5. The summed E-state index contributed by atoms with van der Waals surface area (Å²) in [7, 11) is 0.